The Morgan fingerprint density at radius 1 is 1.20 bits per heavy atom. The summed E-state index contributed by atoms with van der Waals surface area (Å²) in [5, 5.41) is 7.67. The van der Waals surface area contributed by atoms with E-state index in [-0.39, 0.29) is 0 Å². The summed E-state index contributed by atoms with van der Waals surface area (Å²) in [6.45, 7) is 6.07. The largest absolute Gasteiger partial charge is 0.362 e. The number of aromatic amines is 1. The van der Waals surface area contributed by atoms with Crippen LogP contribution >= 0.6 is 12.2 Å². The highest BCUT2D eigenvalue weighted by atomic mass is 32.1. The lowest BCUT2D eigenvalue weighted by Gasteiger charge is -2.06. The van der Waals surface area contributed by atoms with Gasteiger partial charge in [-0.15, -0.1) is 0 Å². The number of nitrogens with one attached hydrogen (secondary N) is 3. The van der Waals surface area contributed by atoms with E-state index in [1.54, 1.807) is 6.21 Å². The fourth-order valence-corrected chi connectivity index (χ4v) is 2.01. The van der Waals surface area contributed by atoms with Crippen LogP contribution in [0.5, 0.6) is 0 Å². The van der Waals surface area contributed by atoms with Gasteiger partial charge in [0.1, 0.15) is 0 Å². The first kappa shape index (κ1) is 14.3. The zero-order valence-electron chi connectivity index (χ0n) is 11.8. The Morgan fingerprint density at radius 2 is 1.90 bits per heavy atom. The van der Waals surface area contributed by atoms with Gasteiger partial charge in [0.25, 0.3) is 0 Å². The predicted octanol–water partition coefficient (Wildman–Crippen LogP) is 3.26. The molecule has 0 saturated heterocycles. The van der Waals surface area contributed by atoms with Crippen LogP contribution in [0.2, 0.25) is 0 Å². The molecule has 0 aliphatic heterocycles. The molecule has 0 saturated carbocycles. The Kier molecular flexibility index (Phi) is 4.53. The zero-order chi connectivity index (χ0) is 14.5. The Balaban J connectivity index is 1.89. The second kappa shape index (κ2) is 6.34. The van der Waals surface area contributed by atoms with Gasteiger partial charge in [-0.2, -0.15) is 5.10 Å². The molecular formula is C15H18N4S. The molecule has 0 spiro atoms. The summed E-state index contributed by atoms with van der Waals surface area (Å²) in [7, 11) is 0. The number of thiocarbonyl (C=S) groups is 1. The van der Waals surface area contributed by atoms with Crippen LogP contribution in [-0.2, 0) is 0 Å². The van der Waals surface area contributed by atoms with Crippen LogP contribution in [0.1, 0.15) is 22.5 Å². The number of rotatable bonds is 3. The maximum absolute atomic E-state index is 5.18. The van der Waals surface area contributed by atoms with Crippen molar-refractivity contribution in [1.82, 2.24) is 10.4 Å². The first-order valence-electron chi connectivity index (χ1n) is 6.37. The van der Waals surface area contributed by atoms with Gasteiger partial charge < -0.3 is 10.3 Å². The SMILES string of the molecule is Cc1ccc(NC(=S)N/N=C/c2cc(C)[nH]c2C)cc1. The van der Waals surface area contributed by atoms with E-state index in [4.69, 9.17) is 12.2 Å². The third-order valence-electron chi connectivity index (χ3n) is 2.87. The maximum Gasteiger partial charge on any atom is 0.191 e. The molecule has 2 rings (SSSR count). The minimum atomic E-state index is 0.468. The van der Waals surface area contributed by atoms with Crippen molar-refractivity contribution in [2.45, 2.75) is 20.8 Å². The maximum atomic E-state index is 5.18. The number of hydrogen-bond donors (Lipinski definition) is 3. The lowest BCUT2D eigenvalue weighted by Crippen LogP contribution is -2.23. The number of benzene rings is 1. The van der Waals surface area contributed by atoms with E-state index in [9.17, 15) is 0 Å². The summed E-state index contributed by atoms with van der Waals surface area (Å²) in [4.78, 5) is 3.22. The van der Waals surface area contributed by atoms with Crippen molar-refractivity contribution < 1.29 is 0 Å². The zero-order valence-corrected chi connectivity index (χ0v) is 12.6. The molecule has 0 aliphatic rings. The molecule has 0 bridgehead atoms. The molecule has 1 aromatic carbocycles. The molecule has 104 valence electrons. The molecule has 0 atom stereocenters. The topological polar surface area (TPSA) is 52.2 Å². The monoisotopic (exact) mass is 286 g/mol. The predicted molar refractivity (Wildman–Crippen MR) is 88.4 cm³/mol. The van der Waals surface area contributed by atoms with Gasteiger partial charge in [0.15, 0.2) is 5.11 Å². The quantitative estimate of drug-likeness (QED) is 0.461. The third kappa shape index (κ3) is 3.93. The average Bonchev–Trinajstić information content (AvgIpc) is 2.71. The lowest BCUT2D eigenvalue weighted by molar-refractivity contribution is 1.05. The minimum Gasteiger partial charge on any atom is -0.362 e. The van der Waals surface area contributed by atoms with Crippen LogP contribution in [0.3, 0.4) is 0 Å². The van der Waals surface area contributed by atoms with Crippen LogP contribution in [0.25, 0.3) is 0 Å². The van der Waals surface area contributed by atoms with Gasteiger partial charge in [-0.05, 0) is 51.2 Å². The second-order valence-electron chi connectivity index (χ2n) is 4.72. The molecule has 1 heterocycles. The molecule has 0 unspecified atom stereocenters. The lowest BCUT2D eigenvalue weighted by atomic mass is 10.2. The molecule has 0 radical (unpaired) electrons. The summed E-state index contributed by atoms with van der Waals surface area (Å²) in [6.07, 6.45) is 1.75. The second-order valence-corrected chi connectivity index (χ2v) is 5.13. The van der Waals surface area contributed by atoms with Crippen molar-refractivity contribution in [3.63, 3.8) is 0 Å². The number of hydrazone groups is 1. The Morgan fingerprint density at radius 3 is 2.50 bits per heavy atom. The standard InChI is InChI=1S/C15H18N4S/c1-10-4-6-14(7-5-10)18-15(20)19-16-9-13-8-11(2)17-12(13)3/h4-9,17H,1-3H3,(H2,18,19,20)/b16-9+. The van der Waals surface area contributed by atoms with Gasteiger partial charge in [-0.25, -0.2) is 0 Å². The number of H-pyrrole nitrogens is 1. The highest BCUT2D eigenvalue weighted by Crippen LogP contribution is 2.08. The average molecular weight is 286 g/mol. The first-order valence-corrected chi connectivity index (χ1v) is 6.78. The molecule has 3 N–H and O–H groups in total. The molecule has 2 aromatic rings. The van der Waals surface area contributed by atoms with E-state index in [2.05, 4.69) is 20.8 Å². The van der Waals surface area contributed by atoms with Gasteiger partial charge in [-0.3, -0.25) is 5.43 Å². The number of hydrogen-bond acceptors (Lipinski definition) is 2. The smallest absolute Gasteiger partial charge is 0.191 e. The minimum absolute atomic E-state index is 0.468. The van der Waals surface area contributed by atoms with Gasteiger partial charge in [0.05, 0.1) is 6.21 Å². The van der Waals surface area contributed by atoms with E-state index in [0.717, 1.165) is 22.6 Å². The Labute approximate surface area is 124 Å². The van der Waals surface area contributed by atoms with E-state index in [1.807, 2.05) is 51.1 Å². The number of aromatic nitrogens is 1. The number of anilines is 1. The van der Waals surface area contributed by atoms with Crippen molar-refractivity contribution in [3.05, 3.63) is 52.8 Å². The molecule has 0 amide bonds. The highest BCUT2D eigenvalue weighted by molar-refractivity contribution is 7.80. The van der Waals surface area contributed by atoms with E-state index in [1.165, 1.54) is 5.56 Å². The van der Waals surface area contributed by atoms with Gasteiger partial charge in [0, 0.05) is 22.6 Å². The van der Waals surface area contributed by atoms with Crippen molar-refractivity contribution in [2.75, 3.05) is 5.32 Å². The van der Waals surface area contributed by atoms with E-state index < -0.39 is 0 Å². The van der Waals surface area contributed by atoms with Crippen molar-refractivity contribution in [3.8, 4) is 0 Å². The number of nitrogens with zero attached hydrogens (tertiary/aromatic N) is 1. The van der Waals surface area contributed by atoms with Crippen LogP contribution in [0, 0.1) is 20.8 Å². The highest BCUT2D eigenvalue weighted by Gasteiger charge is 1.99. The Hall–Kier alpha value is -2.14. The molecule has 1 aromatic heterocycles. The van der Waals surface area contributed by atoms with Gasteiger partial charge >= 0.3 is 0 Å². The first-order chi connectivity index (χ1) is 9.54. The fourth-order valence-electron chi connectivity index (χ4n) is 1.84. The summed E-state index contributed by atoms with van der Waals surface area (Å²) in [5.74, 6) is 0. The summed E-state index contributed by atoms with van der Waals surface area (Å²) < 4.78 is 0. The summed E-state index contributed by atoms with van der Waals surface area (Å²) in [5.41, 5.74) is 8.21. The number of aryl methyl sites for hydroxylation is 3. The summed E-state index contributed by atoms with van der Waals surface area (Å²) in [6, 6.07) is 10.1. The van der Waals surface area contributed by atoms with Crippen molar-refractivity contribution in [1.29, 1.82) is 0 Å². The van der Waals surface area contributed by atoms with Crippen LogP contribution in [0.15, 0.2) is 35.4 Å². The van der Waals surface area contributed by atoms with Crippen molar-refractivity contribution >= 4 is 29.2 Å². The molecule has 0 fully saturated rings. The Bertz CT molecular complexity index is 626. The van der Waals surface area contributed by atoms with Crippen LogP contribution in [-0.4, -0.2) is 16.3 Å². The van der Waals surface area contributed by atoms with E-state index in [0.29, 0.717) is 5.11 Å². The van der Waals surface area contributed by atoms with Crippen molar-refractivity contribution in [2.24, 2.45) is 5.10 Å². The molecule has 20 heavy (non-hydrogen) atoms. The molecule has 4 nitrogen and oxygen atoms in total. The fraction of sp³-hybridized carbons (Fsp3) is 0.200. The molecular weight excluding hydrogens is 268 g/mol. The molecule has 5 heteroatoms. The third-order valence-corrected chi connectivity index (χ3v) is 3.06. The summed E-state index contributed by atoms with van der Waals surface area (Å²) >= 11 is 5.18. The van der Waals surface area contributed by atoms with Gasteiger partial charge in [0.2, 0.25) is 0 Å². The van der Waals surface area contributed by atoms with E-state index >= 15 is 0 Å². The van der Waals surface area contributed by atoms with Crippen LogP contribution in [0.4, 0.5) is 5.69 Å². The van der Waals surface area contributed by atoms with Crippen LogP contribution < -0.4 is 10.7 Å². The molecule has 0 aliphatic carbocycles. The van der Waals surface area contributed by atoms with Gasteiger partial charge in [-0.1, -0.05) is 17.7 Å². The normalized spacial score (nSPS) is 10.8.